The predicted octanol–water partition coefficient (Wildman–Crippen LogP) is -0.451. The zero-order valence-electron chi connectivity index (χ0n) is 8.65. The molecular formula is C6H6N4O7. The monoisotopic (exact) mass is 246 g/mol. The summed E-state index contributed by atoms with van der Waals surface area (Å²) in [7, 11) is 1.98. The molecule has 17 heavy (non-hydrogen) atoms. The average Bonchev–Trinajstić information content (AvgIpc) is 2.27. The molecule has 0 aliphatic carbocycles. The first kappa shape index (κ1) is 12.4. The third-order valence-electron chi connectivity index (χ3n) is 1.70. The highest BCUT2D eigenvalue weighted by atomic mass is 16.6. The quantitative estimate of drug-likeness (QED) is 0.300. The van der Waals surface area contributed by atoms with Crippen LogP contribution in [0, 0.1) is 25.4 Å². The Labute approximate surface area is 93.1 Å². The Morgan fingerprint density at radius 3 is 1.65 bits per heavy atom. The molecule has 92 valence electrons. The van der Waals surface area contributed by atoms with Crippen molar-refractivity contribution in [2.45, 2.75) is 0 Å². The van der Waals surface area contributed by atoms with Crippen LogP contribution in [-0.4, -0.2) is 29.1 Å². The van der Waals surface area contributed by atoms with Crippen molar-refractivity contribution in [2.75, 3.05) is 14.2 Å². The number of rotatable bonds is 4. The zero-order chi connectivity index (χ0) is 13.2. The summed E-state index contributed by atoms with van der Waals surface area (Å²) in [4.78, 5) is 22.1. The molecule has 11 heteroatoms. The standard InChI is InChI=1S/C6H6N4O7/c1-16-5-3(9(12)13)7-4(10(14)15)6(17-2)8(5)11/h1-2H3. The first-order valence-electron chi connectivity index (χ1n) is 3.98. The Morgan fingerprint density at radius 1 is 1.06 bits per heavy atom. The van der Waals surface area contributed by atoms with Gasteiger partial charge in [0.15, 0.2) is 0 Å². The number of hydrogen-bond donors (Lipinski definition) is 0. The number of hydrogen-bond acceptors (Lipinski definition) is 8. The van der Waals surface area contributed by atoms with Gasteiger partial charge >= 0.3 is 23.4 Å². The van der Waals surface area contributed by atoms with Crippen molar-refractivity contribution in [3.63, 3.8) is 0 Å². The largest absolute Gasteiger partial charge is 0.613 e. The van der Waals surface area contributed by atoms with Crippen molar-refractivity contribution in [1.82, 2.24) is 4.98 Å². The van der Waals surface area contributed by atoms with Crippen LogP contribution in [-0.2, 0) is 0 Å². The minimum atomic E-state index is -1.07. The van der Waals surface area contributed by atoms with Gasteiger partial charge in [-0.1, -0.05) is 4.73 Å². The Morgan fingerprint density at radius 2 is 1.41 bits per heavy atom. The summed E-state index contributed by atoms with van der Waals surface area (Å²) in [6.07, 6.45) is 0. The number of nitrogens with zero attached hydrogens (tertiary/aromatic N) is 4. The van der Waals surface area contributed by atoms with Crippen LogP contribution in [0.3, 0.4) is 0 Å². The van der Waals surface area contributed by atoms with Gasteiger partial charge in [-0.25, -0.2) is 0 Å². The summed E-state index contributed by atoms with van der Waals surface area (Å²) in [5.74, 6) is -3.71. The molecule has 1 rings (SSSR count). The molecule has 11 nitrogen and oxygen atoms in total. The molecular weight excluding hydrogens is 240 g/mol. The molecule has 0 radical (unpaired) electrons. The molecule has 0 amide bonds. The van der Waals surface area contributed by atoms with Crippen LogP contribution in [0.15, 0.2) is 0 Å². The van der Waals surface area contributed by atoms with Gasteiger partial charge in [0.1, 0.15) is 0 Å². The lowest BCUT2D eigenvalue weighted by Gasteiger charge is -2.06. The van der Waals surface area contributed by atoms with E-state index in [1.54, 1.807) is 0 Å². The molecule has 1 aromatic heterocycles. The number of methoxy groups -OCH3 is 2. The first-order chi connectivity index (χ1) is 7.93. The lowest BCUT2D eigenvalue weighted by Crippen LogP contribution is -2.33. The average molecular weight is 246 g/mol. The highest BCUT2D eigenvalue weighted by Crippen LogP contribution is 2.29. The van der Waals surface area contributed by atoms with E-state index in [9.17, 15) is 25.4 Å². The maximum absolute atomic E-state index is 11.5. The van der Waals surface area contributed by atoms with E-state index in [1.165, 1.54) is 0 Å². The molecule has 0 saturated carbocycles. The molecule has 0 unspecified atom stereocenters. The molecule has 0 fully saturated rings. The highest BCUT2D eigenvalue weighted by molar-refractivity contribution is 5.39. The molecule has 0 bridgehead atoms. The fourth-order valence-electron chi connectivity index (χ4n) is 1.06. The normalized spacial score (nSPS) is 9.76. The smallest absolute Gasteiger partial charge is 0.484 e. The van der Waals surface area contributed by atoms with E-state index in [0.717, 1.165) is 14.2 Å². The Hall–Kier alpha value is -2.72. The van der Waals surface area contributed by atoms with Gasteiger partial charge in [-0.3, -0.25) is 0 Å². The van der Waals surface area contributed by atoms with Gasteiger partial charge in [-0.15, -0.1) is 0 Å². The van der Waals surface area contributed by atoms with Crippen LogP contribution >= 0.6 is 0 Å². The summed E-state index contributed by atoms with van der Waals surface area (Å²) in [6, 6.07) is 0. The summed E-state index contributed by atoms with van der Waals surface area (Å²) in [6.45, 7) is 0. The van der Waals surface area contributed by atoms with Crippen molar-refractivity contribution < 1.29 is 24.1 Å². The van der Waals surface area contributed by atoms with Gasteiger partial charge in [-0.05, 0) is 9.85 Å². The molecule has 0 N–H and O–H groups in total. The van der Waals surface area contributed by atoms with E-state index in [-0.39, 0.29) is 4.73 Å². The molecule has 0 spiro atoms. The van der Waals surface area contributed by atoms with Gasteiger partial charge in [0.05, 0.1) is 14.2 Å². The Balaban J connectivity index is 3.66. The van der Waals surface area contributed by atoms with Crippen LogP contribution in [0.25, 0.3) is 0 Å². The molecule has 0 aliphatic heterocycles. The van der Waals surface area contributed by atoms with E-state index in [4.69, 9.17) is 0 Å². The fraction of sp³-hybridized carbons (Fsp3) is 0.333. The second-order valence-corrected chi connectivity index (χ2v) is 2.59. The van der Waals surface area contributed by atoms with E-state index in [2.05, 4.69) is 14.5 Å². The molecule has 1 heterocycles. The van der Waals surface area contributed by atoms with Gasteiger partial charge < -0.3 is 34.9 Å². The Kier molecular flexibility index (Phi) is 3.21. The van der Waals surface area contributed by atoms with Crippen molar-refractivity contribution in [1.29, 1.82) is 0 Å². The van der Waals surface area contributed by atoms with Crippen molar-refractivity contribution in [3.05, 3.63) is 25.4 Å². The second-order valence-electron chi connectivity index (χ2n) is 2.59. The maximum Gasteiger partial charge on any atom is 0.484 e. The summed E-state index contributed by atoms with van der Waals surface area (Å²) >= 11 is 0. The summed E-state index contributed by atoms with van der Waals surface area (Å²) in [5, 5.41) is 32.6. The van der Waals surface area contributed by atoms with Crippen LogP contribution in [0.4, 0.5) is 11.6 Å². The van der Waals surface area contributed by atoms with Crippen molar-refractivity contribution >= 4 is 11.6 Å². The minimum absolute atomic E-state index is 0.205. The highest BCUT2D eigenvalue weighted by Gasteiger charge is 2.39. The van der Waals surface area contributed by atoms with E-state index in [1.807, 2.05) is 0 Å². The number of aromatic nitrogens is 2. The van der Waals surface area contributed by atoms with Gasteiger partial charge in [0.25, 0.3) is 0 Å². The molecule has 0 saturated heterocycles. The van der Waals surface area contributed by atoms with Gasteiger partial charge in [0, 0.05) is 4.98 Å². The van der Waals surface area contributed by atoms with Crippen molar-refractivity contribution in [2.24, 2.45) is 0 Å². The number of nitro groups is 2. The topological polar surface area (TPSA) is 145 Å². The lowest BCUT2D eigenvalue weighted by atomic mass is 10.5. The SMILES string of the molecule is COc1c([N+](=O)[O-])nc([N+](=O)[O-])c(OC)[n+]1[O-]. The van der Waals surface area contributed by atoms with Crippen LogP contribution in [0.5, 0.6) is 11.8 Å². The molecule has 0 aromatic carbocycles. The zero-order valence-corrected chi connectivity index (χ0v) is 8.65. The van der Waals surface area contributed by atoms with Crippen LogP contribution < -0.4 is 14.2 Å². The van der Waals surface area contributed by atoms with Crippen LogP contribution in [0.1, 0.15) is 0 Å². The molecule has 0 atom stereocenters. The van der Waals surface area contributed by atoms with Gasteiger partial charge in [0.2, 0.25) is 0 Å². The van der Waals surface area contributed by atoms with Crippen LogP contribution in [0.2, 0.25) is 0 Å². The van der Waals surface area contributed by atoms with E-state index < -0.39 is 33.2 Å². The minimum Gasteiger partial charge on any atom is -0.613 e. The third kappa shape index (κ3) is 1.97. The predicted molar refractivity (Wildman–Crippen MR) is 49.6 cm³/mol. The Bertz CT molecular complexity index is 447. The molecule has 0 aliphatic rings. The second kappa shape index (κ2) is 4.42. The third-order valence-corrected chi connectivity index (χ3v) is 1.70. The van der Waals surface area contributed by atoms with Gasteiger partial charge in [-0.2, -0.15) is 0 Å². The maximum atomic E-state index is 11.5. The fourth-order valence-corrected chi connectivity index (χ4v) is 1.06. The van der Waals surface area contributed by atoms with E-state index in [0.29, 0.717) is 0 Å². The number of ether oxygens (including phenoxy) is 2. The van der Waals surface area contributed by atoms with Crippen molar-refractivity contribution in [3.8, 4) is 11.8 Å². The van der Waals surface area contributed by atoms with E-state index >= 15 is 0 Å². The lowest BCUT2D eigenvalue weighted by molar-refractivity contribution is -0.628. The molecule has 1 aromatic rings. The summed E-state index contributed by atoms with van der Waals surface area (Å²) < 4.78 is 8.71. The summed E-state index contributed by atoms with van der Waals surface area (Å²) in [5.41, 5.74) is 0. The first-order valence-corrected chi connectivity index (χ1v) is 3.98.